The first-order chi connectivity index (χ1) is 15.4. The lowest BCUT2D eigenvalue weighted by molar-refractivity contribution is -0.0165. The van der Waals surface area contributed by atoms with E-state index in [1.807, 2.05) is 0 Å². The van der Waals surface area contributed by atoms with Gasteiger partial charge in [-0.15, -0.1) is 0 Å². The molecule has 0 radical (unpaired) electrons. The fraction of sp³-hybridized carbons (Fsp3) is 0.400. The minimum absolute atomic E-state index is 0.143. The summed E-state index contributed by atoms with van der Waals surface area (Å²) in [6, 6.07) is 6.74. The van der Waals surface area contributed by atoms with Gasteiger partial charge in [0.05, 0.1) is 17.7 Å². The average Bonchev–Trinajstić information content (AvgIpc) is 3.05. The van der Waals surface area contributed by atoms with Crippen LogP contribution in [0.1, 0.15) is 47.3 Å². The maximum atomic E-state index is 13.1. The monoisotopic (exact) mass is 455 g/mol. The van der Waals surface area contributed by atoms with E-state index in [2.05, 4.69) is 18.7 Å². The molecule has 0 unspecified atom stereocenters. The number of hydrogen-bond acceptors (Lipinski definition) is 6. The summed E-state index contributed by atoms with van der Waals surface area (Å²) >= 11 is 6.27. The van der Waals surface area contributed by atoms with Crippen LogP contribution in [0.5, 0.6) is 17.2 Å². The van der Waals surface area contributed by atoms with E-state index in [-0.39, 0.29) is 24.1 Å². The predicted molar refractivity (Wildman–Crippen MR) is 121 cm³/mol. The van der Waals surface area contributed by atoms with Gasteiger partial charge in [-0.2, -0.15) is 0 Å². The van der Waals surface area contributed by atoms with Crippen molar-refractivity contribution in [1.29, 1.82) is 0 Å². The Morgan fingerprint density at radius 1 is 1.19 bits per heavy atom. The fourth-order valence-electron chi connectivity index (χ4n) is 5.05. The molecule has 2 aromatic carbocycles. The minimum atomic E-state index is -0.220. The highest BCUT2D eigenvalue weighted by atomic mass is 35.5. The molecule has 168 valence electrons. The highest BCUT2D eigenvalue weighted by Gasteiger charge is 2.33. The first kappa shape index (κ1) is 21.3. The van der Waals surface area contributed by atoms with Gasteiger partial charge < -0.3 is 19.3 Å². The zero-order chi connectivity index (χ0) is 22.4. The summed E-state index contributed by atoms with van der Waals surface area (Å²) in [7, 11) is 0. The molecule has 0 aromatic heterocycles. The second kappa shape index (κ2) is 8.43. The Bertz CT molecular complexity index is 1100. The molecule has 3 aliphatic heterocycles. The standard InChI is InChI=1S/C25H26ClNO5/c1-14-5-15(2)10-27(9-14)11-20-21(28)4-3-19-23(29)22(32-25(19)20)8-16-6-18(26)7-17-12-30-13-31-24(16)17/h3-4,6-8,14-15,28H,5,9-13H2,1-2H3/b22-8-/t14-,15+. The van der Waals surface area contributed by atoms with Crippen LogP contribution in [0.2, 0.25) is 5.02 Å². The van der Waals surface area contributed by atoms with E-state index >= 15 is 0 Å². The zero-order valence-electron chi connectivity index (χ0n) is 18.2. The van der Waals surface area contributed by atoms with Crippen LogP contribution in [0.3, 0.4) is 0 Å². The molecule has 1 saturated heterocycles. The smallest absolute Gasteiger partial charge is 0.231 e. The lowest BCUT2D eigenvalue weighted by Crippen LogP contribution is -2.38. The molecule has 1 fully saturated rings. The van der Waals surface area contributed by atoms with Gasteiger partial charge in [0, 0.05) is 35.8 Å². The minimum Gasteiger partial charge on any atom is -0.507 e. The van der Waals surface area contributed by atoms with Gasteiger partial charge in [0.25, 0.3) is 0 Å². The molecular weight excluding hydrogens is 430 g/mol. The van der Waals surface area contributed by atoms with E-state index in [0.717, 1.165) is 18.7 Å². The van der Waals surface area contributed by atoms with Crippen LogP contribution in [0.25, 0.3) is 6.08 Å². The van der Waals surface area contributed by atoms with Gasteiger partial charge in [-0.3, -0.25) is 9.69 Å². The van der Waals surface area contributed by atoms with Crippen molar-refractivity contribution >= 4 is 23.5 Å². The lowest BCUT2D eigenvalue weighted by atomic mass is 9.91. The number of carbonyl (C=O) groups excluding carboxylic acids is 1. The van der Waals surface area contributed by atoms with Crippen LogP contribution in [0.15, 0.2) is 30.0 Å². The summed E-state index contributed by atoms with van der Waals surface area (Å²) in [5.74, 6) is 2.37. The Labute approximate surface area is 192 Å². The van der Waals surface area contributed by atoms with Crippen molar-refractivity contribution in [1.82, 2.24) is 4.90 Å². The average molecular weight is 456 g/mol. The number of rotatable bonds is 3. The number of aromatic hydroxyl groups is 1. The van der Waals surface area contributed by atoms with Crippen LogP contribution >= 0.6 is 11.6 Å². The number of fused-ring (bicyclic) bond motifs is 2. The Balaban J connectivity index is 1.48. The van der Waals surface area contributed by atoms with Gasteiger partial charge in [-0.25, -0.2) is 0 Å². The molecule has 3 heterocycles. The molecule has 0 aliphatic carbocycles. The van der Waals surface area contributed by atoms with E-state index in [9.17, 15) is 9.90 Å². The van der Waals surface area contributed by atoms with E-state index in [4.69, 9.17) is 25.8 Å². The van der Waals surface area contributed by atoms with Gasteiger partial charge in [0.1, 0.15) is 17.2 Å². The highest BCUT2D eigenvalue weighted by molar-refractivity contribution is 6.31. The third-order valence-electron chi connectivity index (χ3n) is 6.23. The summed E-state index contributed by atoms with van der Waals surface area (Å²) in [6.07, 6.45) is 2.86. The van der Waals surface area contributed by atoms with Crippen LogP contribution in [0.4, 0.5) is 0 Å². The molecule has 1 N–H and O–H groups in total. The Morgan fingerprint density at radius 2 is 1.97 bits per heavy atom. The molecule has 32 heavy (non-hydrogen) atoms. The van der Waals surface area contributed by atoms with Crippen molar-refractivity contribution in [2.75, 3.05) is 19.9 Å². The molecule has 2 atom stereocenters. The topological polar surface area (TPSA) is 68.2 Å². The second-order valence-corrected chi connectivity index (χ2v) is 9.55. The second-order valence-electron chi connectivity index (χ2n) is 9.11. The van der Waals surface area contributed by atoms with Crippen molar-refractivity contribution in [3.8, 4) is 17.2 Å². The zero-order valence-corrected chi connectivity index (χ0v) is 18.9. The number of ether oxygens (including phenoxy) is 3. The molecule has 2 aromatic rings. The van der Waals surface area contributed by atoms with Gasteiger partial charge in [-0.05, 0) is 48.6 Å². The van der Waals surface area contributed by atoms with E-state index in [1.165, 1.54) is 6.42 Å². The van der Waals surface area contributed by atoms with Crippen LogP contribution in [-0.4, -0.2) is 35.7 Å². The number of ketones is 1. The number of benzene rings is 2. The number of nitrogens with zero attached hydrogens (tertiary/aromatic N) is 1. The maximum Gasteiger partial charge on any atom is 0.231 e. The van der Waals surface area contributed by atoms with Crippen molar-refractivity contribution in [3.63, 3.8) is 0 Å². The molecule has 6 nitrogen and oxygen atoms in total. The number of hydrogen-bond donors (Lipinski definition) is 1. The number of likely N-dealkylation sites (tertiary alicyclic amines) is 1. The Hall–Kier alpha value is -2.54. The number of piperidine rings is 1. The Morgan fingerprint density at radius 3 is 2.75 bits per heavy atom. The van der Waals surface area contributed by atoms with Crippen LogP contribution in [0, 0.1) is 11.8 Å². The van der Waals surface area contributed by atoms with Gasteiger partial charge >= 0.3 is 0 Å². The van der Waals surface area contributed by atoms with Gasteiger partial charge in [-0.1, -0.05) is 25.4 Å². The predicted octanol–water partition coefficient (Wildman–Crippen LogP) is 5.01. The third kappa shape index (κ3) is 3.98. The maximum absolute atomic E-state index is 13.1. The number of phenolic OH excluding ortho intramolecular Hbond substituents is 1. The Kier molecular flexibility index (Phi) is 5.61. The number of allylic oxidation sites excluding steroid dienone is 1. The number of Topliss-reactive ketones (excluding diaryl/α,β-unsaturated/α-hetero) is 1. The summed E-state index contributed by atoms with van der Waals surface area (Å²) in [4.78, 5) is 15.5. The van der Waals surface area contributed by atoms with Crippen LogP contribution in [-0.2, 0) is 17.9 Å². The lowest BCUT2D eigenvalue weighted by Gasteiger charge is -2.35. The van der Waals surface area contributed by atoms with Crippen LogP contribution < -0.4 is 9.47 Å². The van der Waals surface area contributed by atoms with Crippen molar-refractivity contribution in [2.24, 2.45) is 11.8 Å². The van der Waals surface area contributed by atoms with Gasteiger partial charge in [0.2, 0.25) is 5.78 Å². The molecular formula is C25H26ClNO5. The number of halogens is 1. The summed E-state index contributed by atoms with van der Waals surface area (Å²) in [6.45, 7) is 7.49. The molecule has 3 aliphatic rings. The quantitative estimate of drug-likeness (QED) is 0.656. The fourth-order valence-corrected chi connectivity index (χ4v) is 5.30. The molecule has 0 spiro atoms. The molecule has 7 heteroatoms. The largest absolute Gasteiger partial charge is 0.507 e. The normalized spacial score (nSPS) is 24.1. The van der Waals surface area contributed by atoms with Gasteiger partial charge in [0.15, 0.2) is 12.6 Å². The van der Waals surface area contributed by atoms with E-state index in [0.29, 0.717) is 58.2 Å². The van der Waals surface area contributed by atoms with E-state index < -0.39 is 0 Å². The van der Waals surface area contributed by atoms with E-state index in [1.54, 1.807) is 30.3 Å². The molecule has 0 amide bonds. The highest BCUT2D eigenvalue weighted by Crippen LogP contribution is 2.42. The number of phenols is 1. The van der Waals surface area contributed by atoms with Crippen molar-refractivity contribution in [3.05, 3.63) is 57.3 Å². The van der Waals surface area contributed by atoms with Crippen molar-refractivity contribution < 1.29 is 24.1 Å². The molecule has 5 rings (SSSR count). The molecule has 0 saturated carbocycles. The first-order valence-corrected chi connectivity index (χ1v) is 11.3. The third-order valence-corrected chi connectivity index (χ3v) is 6.45. The van der Waals surface area contributed by atoms with Crippen molar-refractivity contribution in [2.45, 2.75) is 33.4 Å². The number of carbonyl (C=O) groups is 1. The molecule has 0 bridgehead atoms. The summed E-state index contributed by atoms with van der Waals surface area (Å²) in [5, 5.41) is 11.1. The SMILES string of the molecule is C[C@@H]1C[C@H](C)CN(Cc2c(O)ccc3c2O/C(=C\c2cc(Cl)cc4c2OCOC4)C3=O)C1. The first-order valence-electron chi connectivity index (χ1n) is 10.9. The summed E-state index contributed by atoms with van der Waals surface area (Å²) < 4.78 is 17.0. The summed E-state index contributed by atoms with van der Waals surface area (Å²) in [5.41, 5.74) is 2.60.